The van der Waals surface area contributed by atoms with Crippen LogP contribution in [0, 0.1) is 0 Å². The monoisotopic (exact) mass is 181 g/mol. The molecule has 0 saturated heterocycles. The lowest BCUT2D eigenvalue weighted by Gasteiger charge is -2.14. The van der Waals surface area contributed by atoms with Crippen LogP contribution < -0.4 is 0 Å². The van der Waals surface area contributed by atoms with Gasteiger partial charge in [0.05, 0.1) is 12.2 Å². The first-order valence-electron chi connectivity index (χ1n) is 4.36. The summed E-state index contributed by atoms with van der Waals surface area (Å²) in [5.74, 6) is 0.144. The van der Waals surface area contributed by atoms with Gasteiger partial charge < -0.3 is 4.90 Å². The highest BCUT2D eigenvalue weighted by atomic mass is 16.2. The van der Waals surface area contributed by atoms with Gasteiger partial charge in [-0.05, 0) is 6.07 Å². The summed E-state index contributed by atoms with van der Waals surface area (Å²) in [6.07, 6.45) is 2.42. The van der Waals surface area contributed by atoms with Crippen molar-refractivity contribution < 1.29 is 4.79 Å². The van der Waals surface area contributed by atoms with Crippen molar-refractivity contribution in [2.24, 2.45) is 7.05 Å². The summed E-state index contributed by atoms with van der Waals surface area (Å²) >= 11 is 0. The number of aromatic nitrogens is 2. The summed E-state index contributed by atoms with van der Waals surface area (Å²) in [6.45, 7) is 2.45. The maximum Gasteiger partial charge on any atom is 0.222 e. The molecule has 0 bridgehead atoms. The average Bonchev–Trinajstić information content (AvgIpc) is 2.49. The fraction of sp³-hybridized carbons (Fsp3) is 0.556. The van der Waals surface area contributed by atoms with Crippen LogP contribution in [0.2, 0.25) is 0 Å². The van der Waals surface area contributed by atoms with E-state index in [1.807, 2.05) is 26.2 Å². The van der Waals surface area contributed by atoms with Crippen LogP contribution >= 0.6 is 0 Å². The summed E-state index contributed by atoms with van der Waals surface area (Å²) in [5, 5.41) is 4.19. The Morgan fingerprint density at radius 1 is 1.69 bits per heavy atom. The third kappa shape index (κ3) is 2.57. The van der Waals surface area contributed by atoms with Crippen LogP contribution in [-0.2, 0) is 18.4 Å². The van der Waals surface area contributed by atoms with Gasteiger partial charge in [0.15, 0.2) is 0 Å². The summed E-state index contributed by atoms with van der Waals surface area (Å²) in [7, 11) is 3.66. The second kappa shape index (κ2) is 4.07. The Kier molecular flexibility index (Phi) is 3.06. The van der Waals surface area contributed by atoms with Gasteiger partial charge in [-0.3, -0.25) is 9.48 Å². The summed E-state index contributed by atoms with van der Waals surface area (Å²) < 4.78 is 1.74. The molecule has 0 aliphatic rings. The molecule has 0 radical (unpaired) electrons. The minimum atomic E-state index is 0.144. The standard InChI is InChI=1S/C9H15N3O/c1-4-9(13)11(2)7-8-5-6-12(3)10-8/h5-6H,4,7H2,1-3H3. The van der Waals surface area contributed by atoms with E-state index in [2.05, 4.69) is 5.10 Å². The molecule has 1 aromatic rings. The van der Waals surface area contributed by atoms with Crippen molar-refractivity contribution in [1.29, 1.82) is 0 Å². The zero-order valence-corrected chi connectivity index (χ0v) is 8.32. The van der Waals surface area contributed by atoms with Crippen LogP contribution in [-0.4, -0.2) is 27.6 Å². The SMILES string of the molecule is CCC(=O)N(C)Cc1ccn(C)n1. The molecule has 0 aliphatic heterocycles. The molecule has 4 nitrogen and oxygen atoms in total. The molecule has 0 aliphatic carbocycles. The summed E-state index contributed by atoms with van der Waals surface area (Å²) in [6, 6.07) is 1.92. The van der Waals surface area contributed by atoms with Crippen molar-refractivity contribution in [2.45, 2.75) is 19.9 Å². The topological polar surface area (TPSA) is 38.1 Å². The van der Waals surface area contributed by atoms with Gasteiger partial charge in [0, 0.05) is 26.7 Å². The molecule has 13 heavy (non-hydrogen) atoms. The van der Waals surface area contributed by atoms with Crippen molar-refractivity contribution in [3.05, 3.63) is 18.0 Å². The highest BCUT2D eigenvalue weighted by Crippen LogP contribution is 2.00. The maximum atomic E-state index is 11.2. The zero-order valence-electron chi connectivity index (χ0n) is 8.32. The molecule has 1 amide bonds. The van der Waals surface area contributed by atoms with Crippen LogP contribution in [0.5, 0.6) is 0 Å². The van der Waals surface area contributed by atoms with Crippen molar-refractivity contribution >= 4 is 5.91 Å². The molecule has 0 saturated carbocycles. The van der Waals surface area contributed by atoms with E-state index in [9.17, 15) is 4.79 Å². The summed E-state index contributed by atoms with van der Waals surface area (Å²) in [4.78, 5) is 12.9. The Hall–Kier alpha value is -1.32. The second-order valence-corrected chi connectivity index (χ2v) is 3.08. The lowest BCUT2D eigenvalue weighted by molar-refractivity contribution is -0.130. The van der Waals surface area contributed by atoms with Gasteiger partial charge in [-0.2, -0.15) is 5.10 Å². The molecule has 1 aromatic heterocycles. The first-order valence-corrected chi connectivity index (χ1v) is 4.36. The molecule has 0 unspecified atom stereocenters. The molecule has 4 heteroatoms. The van der Waals surface area contributed by atoms with Crippen LogP contribution in [0.3, 0.4) is 0 Å². The fourth-order valence-electron chi connectivity index (χ4n) is 1.15. The maximum absolute atomic E-state index is 11.2. The second-order valence-electron chi connectivity index (χ2n) is 3.08. The van der Waals surface area contributed by atoms with E-state index in [4.69, 9.17) is 0 Å². The highest BCUT2D eigenvalue weighted by Gasteiger charge is 2.07. The average molecular weight is 181 g/mol. The van der Waals surface area contributed by atoms with Crippen molar-refractivity contribution in [1.82, 2.24) is 14.7 Å². The number of carbonyl (C=O) groups excluding carboxylic acids is 1. The Balaban J connectivity index is 2.54. The quantitative estimate of drug-likeness (QED) is 0.691. The Morgan fingerprint density at radius 2 is 2.38 bits per heavy atom. The van der Waals surface area contributed by atoms with Gasteiger partial charge >= 0.3 is 0 Å². The molecule has 0 fully saturated rings. The van der Waals surface area contributed by atoms with E-state index in [0.29, 0.717) is 13.0 Å². The van der Waals surface area contributed by atoms with Gasteiger partial charge in [-0.25, -0.2) is 0 Å². The van der Waals surface area contributed by atoms with E-state index in [0.717, 1.165) is 5.69 Å². The number of carbonyl (C=O) groups is 1. The van der Waals surface area contributed by atoms with Gasteiger partial charge in [0.25, 0.3) is 0 Å². The van der Waals surface area contributed by atoms with Crippen molar-refractivity contribution in [2.75, 3.05) is 7.05 Å². The molecular weight excluding hydrogens is 166 g/mol. The lowest BCUT2D eigenvalue weighted by Crippen LogP contribution is -2.25. The molecular formula is C9H15N3O. The molecule has 1 rings (SSSR count). The number of nitrogens with zero attached hydrogens (tertiary/aromatic N) is 3. The highest BCUT2D eigenvalue weighted by molar-refractivity contribution is 5.75. The minimum absolute atomic E-state index is 0.144. The van der Waals surface area contributed by atoms with E-state index >= 15 is 0 Å². The van der Waals surface area contributed by atoms with Crippen molar-refractivity contribution in [3.63, 3.8) is 0 Å². The van der Waals surface area contributed by atoms with Crippen LogP contribution in [0.4, 0.5) is 0 Å². The molecule has 72 valence electrons. The van der Waals surface area contributed by atoms with E-state index < -0.39 is 0 Å². The van der Waals surface area contributed by atoms with Crippen LogP contribution in [0.25, 0.3) is 0 Å². The smallest absolute Gasteiger partial charge is 0.222 e. The van der Waals surface area contributed by atoms with Gasteiger partial charge in [-0.15, -0.1) is 0 Å². The Labute approximate surface area is 78.1 Å². The van der Waals surface area contributed by atoms with Crippen molar-refractivity contribution in [3.8, 4) is 0 Å². The summed E-state index contributed by atoms with van der Waals surface area (Å²) in [5.41, 5.74) is 0.923. The van der Waals surface area contributed by atoms with Crippen LogP contribution in [0.15, 0.2) is 12.3 Å². The third-order valence-corrected chi connectivity index (χ3v) is 1.90. The Bertz CT molecular complexity index is 293. The molecule has 0 atom stereocenters. The van der Waals surface area contributed by atoms with Gasteiger partial charge in [0.2, 0.25) is 5.91 Å². The van der Waals surface area contributed by atoms with Gasteiger partial charge in [-0.1, -0.05) is 6.92 Å². The van der Waals surface area contributed by atoms with E-state index in [-0.39, 0.29) is 5.91 Å². The van der Waals surface area contributed by atoms with E-state index in [1.165, 1.54) is 0 Å². The number of hydrogen-bond acceptors (Lipinski definition) is 2. The number of rotatable bonds is 3. The fourth-order valence-corrected chi connectivity index (χ4v) is 1.15. The number of hydrogen-bond donors (Lipinski definition) is 0. The van der Waals surface area contributed by atoms with Gasteiger partial charge in [0.1, 0.15) is 0 Å². The molecule has 0 spiro atoms. The molecule has 0 aromatic carbocycles. The molecule has 1 heterocycles. The lowest BCUT2D eigenvalue weighted by atomic mass is 10.3. The predicted octanol–water partition coefficient (Wildman–Crippen LogP) is 0.789. The van der Waals surface area contributed by atoms with E-state index in [1.54, 1.807) is 16.6 Å². The first-order chi connectivity index (χ1) is 6.13. The first kappa shape index (κ1) is 9.77. The predicted molar refractivity (Wildman–Crippen MR) is 50.0 cm³/mol. The normalized spacial score (nSPS) is 10.1. The largest absolute Gasteiger partial charge is 0.340 e. The zero-order chi connectivity index (χ0) is 9.84. The molecule has 0 N–H and O–H groups in total. The Morgan fingerprint density at radius 3 is 2.85 bits per heavy atom. The third-order valence-electron chi connectivity index (χ3n) is 1.90. The van der Waals surface area contributed by atoms with Crippen LogP contribution in [0.1, 0.15) is 19.0 Å². The number of amides is 1. The minimum Gasteiger partial charge on any atom is -0.340 e. The number of aryl methyl sites for hydroxylation is 1.